The van der Waals surface area contributed by atoms with Gasteiger partial charge in [0.15, 0.2) is 0 Å². The van der Waals surface area contributed by atoms with E-state index in [0.717, 1.165) is 32.8 Å². The van der Waals surface area contributed by atoms with E-state index in [1.54, 1.807) is 0 Å². The van der Waals surface area contributed by atoms with E-state index in [0.29, 0.717) is 6.04 Å². The van der Waals surface area contributed by atoms with Gasteiger partial charge in [-0.2, -0.15) is 0 Å². The molecule has 15 heavy (non-hydrogen) atoms. The second-order valence-corrected chi connectivity index (χ2v) is 4.12. The maximum Gasteiger partial charge on any atom is 0.0466 e. The van der Waals surface area contributed by atoms with Crippen LogP contribution in [0.15, 0.2) is 0 Å². The van der Waals surface area contributed by atoms with E-state index in [1.807, 2.05) is 6.92 Å². The summed E-state index contributed by atoms with van der Waals surface area (Å²) in [5.74, 6) is 0. The number of nitrogens with one attached hydrogen (secondary N) is 2. The lowest BCUT2D eigenvalue weighted by Crippen LogP contribution is -2.27. The summed E-state index contributed by atoms with van der Waals surface area (Å²) in [6.07, 6.45) is 3.60. The minimum atomic E-state index is 0.608. The molecule has 0 saturated carbocycles. The zero-order chi connectivity index (χ0) is 11.4. The number of unbranched alkanes of at least 4 members (excludes halogenated alkanes) is 1. The molecule has 0 rings (SSSR count). The molecule has 3 heteroatoms. The topological polar surface area (TPSA) is 33.3 Å². The van der Waals surface area contributed by atoms with Crippen molar-refractivity contribution in [3.8, 4) is 0 Å². The quantitative estimate of drug-likeness (QED) is 0.517. The van der Waals surface area contributed by atoms with Crippen molar-refractivity contribution in [2.75, 3.05) is 32.8 Å². The molecule has 0 aromatic heterocycles. The first kappa shape index (κ1) is 14.9. The molecule has 0 saturated heterocycles. The molecule has 0 atom stereocenters. The molecule has 0 heterocycles. The minimum absolute atomic E-state index is 0.608. The monoisotopic (exact) mass is 216 g/mol. The fourth-order valence-electron chi connectivity index (χ4n) is 1.33. The molecular formula is C12H28N2O. The smallest absolute Gasteiger partial charge is 0.0466 e. The highest BCUT2D eigenvalue weighted by Gasteiger charge is 1.92. The van der Waals surface area contributed by atoms with Gasteiger partial charge in [-0.3, -0.25) is 0 Å². The van der Waals surface area contributed by atoms with Gasteiger partial charge in [-0.25, -0.2) is 0 Å². The van der Waals surface area contributed by atoms with E-state index in [-0.39, 0.29) is 0 Å². The molecule has 0 amide bonds. The van der Waals surface area contributed by atoms with Gasteiger partial charge >= 0.3 is 0 Å². The minimum Gasteiger partial charge on any atom is -0.382 e. The Bertz CT molecular complexity index is 118. The highest BCUT2D eigenvalue weighted by Crippen LogP contribution is 1.88. The van der Waals surface area contributed by atoms with Crippen LogP contribution in [0, 0.1) is 0 Å². The lowest BCUT2D eigenvalue weighted by molar-refractivity contribution is 0.143. The largest absolute Gasteiger partial charge is 0.382 e. The van der Waals surface area contributed by atoms with E-state index in [9.17, 15) is 0 Å². The molecule has 0 unspecified atom stereocenters. The normalized spacial score (nSPS) is 11.2. The van der Waals surface area contributed by atoms with Crippen LogP contribution in [-0.4, -0.2) is 38.9 Å². The Labute approximate surface area is 95.0 Å². The molecule has 0 aromatic rings. The standard InChI is InChI=1S/C12H28N2O/c1-4-15-11-6-5-8-13-9-7-10-14-12(2)3/h12-14H,4-11H2,1-3H3. The highest BCUT2D eigenvalue weighted by molar-refractivity contribution is 4.55. The van der Waals surface area contributed by atoms with Crippen LogP contribution in [0.5, 0.6) is 0 Å². The molecule has 0 radical (unpaired) electrons. The summed E-state index contributed by atoms with van der Waals surface area (Å²) >= 11 is 0. The van der Waals surface area contributed by atoms with Crippen LogP contribution >= 0.6 is 0 Å². The lowest BCUT2D eigenvalue weighted by Gasteiger charge is -2.08. The van der Waals surface area contributed by atoms with Crippen molar-refractivity contribution in [2.45, 2.75) is 46.1 Å². The predicted molar refractivity (Wildman–Crippen MR) is 66.4 cm³/mol. The van der Waals surface area contributed by atoms with E-state index >= 15 is 0 Å². The lowest BCUT2D eigenvalue weighted by atomic mass is 10.3. The van der Waals surface area contributed by atoms with Crippen LogP contribution in [0.2, 0.25) is 0 Å². The van der Waals surface area contributed by atoms with Crippen LogP contribution in [0.25, 0.3) is 0 Å². The zero-order valence-electron chi connectivity index (χ0n) is 10.6. The predicted octanol–water partition coefficient (Wildman–Crippen LogP) is 1.78. The molecule has 0 spiro atoms. The maximum absolute atomic E-state index is 5.27. The number of hydrogen-bond donors (Lipinski definition) is 2. The van der Waals surface area contributed by atoms with Gasteiger partial charge in [0.25, 0.3) is 0 Å². The Morgan fingerprint density at radius 3 is 2.40 bits per heavy atom. The fraction of sp³-hybridized carbons (Fsp3) is 1.00. The first-order chi connectivity index (χ1) is 7.27. The van der Waals surface area contributed by atoms with E-state index < -0.39 is 0 Å². The zero-order valence-corrected chi connectivity index (χ0v) is 10.6. The van der Waals surface area contributed by atoms with Crippen molar-refractivity contribution in [1.82, 2.24) is 10.6 Å². The Kier molecular flexibility index (Phi) is 11.9. The van der Waals surface area contributed by atoms with Crippen LogP contribution in [0.3, 0.4) is 0 Å². The molecule has 3 nitrogen and oxygen atoms in total. The van der Waals surface area contributed by atoms with Crippen LogP contribution in [0.4, 0.5) is 0 Å². The SMILES string of the molecule is CCOCCCCNCCCNC(C)C. The maximum atomic E-state index is 5.27. The third-order valence-electron chi connectivity index (χ3n) is 2.18. The van der Waals surface area contributed by atoms with Crippen LogP contribution < -0.4 is 10.6 Å². The summed E-state index contributed by atoms with van der Waals surface area (Å²) in [5, 5.41) is 6.84. The van der Waals surface area contributed by atoms with Gasteiger partial charge in [0, 0.05) is 19.3 Å². The first-order valence-electron chi connectivity index (χ1n) is 6.29. The summed E-state index contributed by atoms with van der Waals surface area (Å²) in [5.41, 5.74) is 0. The molecule has 0 bridgehead atoms. The molecule has 0 aromatic carbocycles. The Morgan fingerprint density at radius 1 is 1.00 bits per heavy atom. The van der Waals surface area contributed by atoms with Crippen LogP contribution in [-0.2, 0) is 4.74 Å². The molecule has 0 aliphatic heterocycles. The number of rotatable bonds is 11. The molecule has 92 valence electrons. The van der Waals surface area contributed by atoms with E-state index in [2.05, 4.69) is 24.5 Å². The Hall–Kier alpha value is -0.120. The van der Waals surface area contributed by atoms with Crippen molar-refractivity contribution >= 4 is 0 Å². The summed E-state index contributed by atoms with van der Waals surface area (Å²) in [7, 11) is 0. The summed E-state index contributed by atoms with van der Waals surface area (Å²) < 4.78 is 5.27. The first-order valence-corrected chi connectivity index (χ1v) is 6.29. The Balaban J connectivity index is 2.87. The van der Waals surface area contributed by atoms with E-state index in [1.165, 1.54) is 19.3 Å². The van der Waals surface area contributed by atoms with Gasteiger partial charge in [-0.05, 0) is 45.8 Å². The molecule has 0 fully saturated rings. The van der Waals surface area contributed by atoms with Gasteiger partial charge in [0.05, 0.1) is 0 Å². The van der Waals surface area contributed by atoms with Crippen molar-refractivity contribution in [3.63, 3.8) is 0 Å². The number of ether oxygens (including phenoxy) is 1. The van der Waals surface area contributed by atoms with Gasteiger partial charge in [0.1, 0.15) is 0 Å². The second-order valence-electron chi connectivity index (χ2n) is 4.12. The van der Waals surface area contributed by atoms with Crippen molar-refractivity contribution in [2.24, 2.45) is 0 Å². The van der Waals surface area contributed by atoms with E-state index in [4.69, 9.17) is 4.74 Å². The van der Waals surface area contributed by atoms with Crippen molar-refractivity contribution in [3.05, 3.63) is 0 Å². The third kappa shape index (κ3) is 13.9. The average molecular weight is 216 g/mol. The van der Waals surface area contributed by atoms with Crippen LogP contribution in [0.1, 0.15) is 40.0 Å². The molecule has 2 N–H and O–H groups in total. The van der Waals surface area contributed by atoms with Crippen molar-refractivity contribution in [1.29, 1.82) is 0 Å². The average Bonchev–Trinajstić information content (AvgIpc) is 2.20. The highest BCUT2D eigenvalue weighted by atomic mass is 16.5. The van der Waals surface area contributed by atoms with Crippen molar-refractivity contribution < 1.29 is 4.74 Å². The summed E-state index contributed by atoms with van der Waals surface area (Å²) in [6.45, 7) is 11.5. The molecule has 0 aliphatic carbocycles. The number of hydrogen-bond acceptors (Lipinski definition) is 3. The fourth-order valence-corrected chi connectivity index (χ4v) is 1.33. The second kappa shape index (κ2) is 12.0. The van der Waals surface area contributed by atoms with Gasteiger partial charge in [-0.1, -0.05) is 13.8 Å². The molecular weight excluding hydrogens is 188 g/mol. The Morgan fingerprint density at radius 2 is 1.73 bits per heavy atom. The molecule has 0 aliphatic rings. The summed E-state index contributed by atoms with van der Waals surface area (Å²) in [6, 6.07) is 0.608. The van der Waals surface area contributed by atoms with Gasteiger partial charge in [-0.15, -0.1) is 0 Å². The summed E-state index contributed by atoms with van der Waals surface area (Å²) in [4.78, 5) is 0. The van der Waals surface area contributed by atoms with Gasteiger partial charge < -0.3 is 15.4 Å². The van der Waals surface area contributed by atoms with Gasteiger partial charge in [0.2, 0.25) is 0 Å². The third-order valence-corrected chi connectivity index (χ3v) is 2.18.